The molecule has 2 N–H and O–H groups in total. The first-order valence-electron chi connectivity index (χ1n) is 10.2. The van der Waals surface area contributed by atoms with Crippen LogP contribution in [0.25, 0.3) is 0 Å². The van der Waals surface area contributed by atoms with Crippen LogP contribution in [-0.4, -0.2) is 64.9 Å². The standard InChI is InChI=1S/C18H33N7O2S/c1-14-22-23-17(24(14)2)13-20-18(21-15-8-5-4-6-9-15)19-12-16-10-7-11-25(16)28(3,26)27/h15-16H,4-13H2,1-3H3,(H2,19,20,21)/t16-/m1/s1. The highest BCUT2D eigenvalue weighted by Gasteiger charge is 2.31. The number of rotatable bonds is 6. The van der Waals surface area contributed by atoms with E-state index in [1.807, 2.05) is 18.5 Å². The van der Waals surface area contributed by atoms with E-state index in [1.54, 1.807) is 4.31 Å². The van der Waals surface area contributed by atoms with E-state index in [2.05, 4.69) is 20.8 Å². The minimum atomic E-state index is -3.17. The van der Waals surface area contributed by atoms with Crippen molar-refractivity contribution >= 4 is 16.0 Å². The van der Waals surface area contributed by atoms with E-state index in [0.717, 1.165) is 43.3 Å². The highest BCUT2D eigenvalue weighted by molar-refractivity contribution is 7.88. The number of hydrogen-bond acceptors (Lipinski definition) is 5. The number of aryl methyl sites for hydroxylation is 1. The number of nitrogens with zero attached hydrogens (tertiary/aromatic N) is 5. The first-order valence-corrected chi connectivity index (χ1v) is 12.1. The minimum absolute atomic E-state index is 0.0228. The van der Waals surface area contributed by atoms with Gasteiger partial charge >= 0.3 is 0 Å². The average Bonchev–Trinajstić information content (AvgIpc) is 3.26. The van der Waals surface area contributed by atoms with Gasteiger partial charge in [-0.2, -0.15) is 4.31 Å². The zero-order valence-electron chi connectivity index (χ0n) is 17.2. The molecule has 3 rings (SSSR count). The van der Waals surface area contributed by atoms with E-state index in [4.69, 9.17) is 4.99 Å². The Balaban J connectivity index is 1.66. The number of aromatic nitrogens is 3. The van der Waals surface area contributed by atoms with Crippen molar-refractivity contribution in [2.24, 2.45) is 12.0 Å². The fraction of sp³-hybridized carbons (Fsp3) is 0.833. The van der Waals surface area contributed by atoms with Crippen LogP contribution in [-0.2, 0) is 23.6 Å². The third-order valence-electron chi connectivity index (χ3n) is 5.76. The number of nitrogens with one attached hydrogen (secondary N) is 2. The molecule has 2 fully saturated rings. The quantitative estimate of drug-likeness (QED) is 0.533. The Kier molecular flexibility index (Phi) is 6.92. The number of sulfonamides is 1. The first-order chi connectivity index (χ1) is 13.3. The van der Waals surface area contributed by atoms with E-state index in [9.17, 15) is 8.42 Å². The van der Waals surface area contributed by atoms with Crippen LogP contribution in [0, 0.1) is 6.92 Å². The zero-order chi connectivity index (χ0) is 20.1. The van der Waals surface area contributed by atoms with Crippen molar-refractivity contribution < 1.29 is 8.42 Å². The molecule has 0 radical (unpaired) electrons. The van der Waals surface area contributed by atoms with Crippen LogP contribution in [0.1, 0.15) is 56.6 Å². The average molecular weight is 412 g/mol. The molecule has 10 heteroatoms. The molecule has 0 unspecified atom stereocenters. The van der Waals surface area contributed by atoms with Gasteiger partial charge in [-0.25, -0.2) is 13.4 Å². The number of hydrogen-bond donors (Lipinski definition) is 2. The molecule has 28 heavy (non-hydrogen) atoms. The summed E-state index contributed by atoms with van der Waals surface area (Å²) in [7, 11) is -1.24. The largest absolute Gasteiger partial charge is 0.355 e. The van der Waals surface area contributed by atoms with E-state index in [0.29, 0.717) is 25.7 Å². The van der Waals surface area contributed by atoms with E-state index >= 15 is 0 Å². The smallest absolute Gasteiger partial charge is 0.211 e. The summed E-state index contributed by atoms with van der Waals surface area (Å²) in [5.41, 5.74) is 0. The van der Waals surface area contributed by atoms with Gasteiger partial charge < -0.3 is 15.2 Å². The third kappa shape index (κ3) is 5.44. The first kappa shape index (κ1) is 21.0. The van der Waals surface area contributed by atoms with Crippen molar-refractivity contribution in [1.82, 2.24) is 29.7 Å². The maximum Gasteiger partial charge on any atom is 0.211 e. The second kappa shape index (κ2) is 9.21. The van der Waals surface area contributed by atoms with Gasteiger partial charge in [0.25, 0.3) is 0 Å². The van der Waals surface area contributed by atoms with E-state index in [-0.39, 0.29) is 6.04 Å². The molecule has 0 spiro atoms. The van der Waals surface area contributed by atoms with Crippen LogP contribution < -0.4 is 10.6 Å². The molecule has 1 aliphatic heterocycles. The summed E-state index contributed by atoms with van der Waals surface area (Å²) >= 11 is 0. The Bertz CT molecular complexity index is 784. The predicted molar refractivity (Wildman–Crippen MR) is 109 cm³/mol. The van der Waals surface area contributed by atoms with Gasteiger partial charge in [-0.05, 0) is 32.6 Å². The van der Waals surface area contributed by atoms with Gasteiger partial charge in [0.05, 0.1) is 6.26 Å². The molecule has 1 atom stereocenters. The van der Waals surface area contributed by atoms with Crippen LogP contribution in [0.15, 0.2) is 4.99 Å². The lowest BCUT2D eigenvalue weighted by Gasteiger charge is -2.27. The van der Waals surface area contributed by atoms with Crippen LogP contribution in [0.3, 0.4) is 0 Å². The Morgan fingerprint density at radius 2 is 1.93 bits per heavy atom. The summed E-state index contributed by atoms with van der Waals surface area (Å²) in [6, 6.07) is 0.390. The highest BCUT2D eigenvalue weighted by atomic mass is 32.2. The molecule has 0 bridgehead atoms. The van der Waals surface area contributed by atoms with Crippen molar-refractivity contribution in [3.05, 3.63) is 11.6 Å². The van der Waals surface area contributed by atoms with Gasteiger partial charge in [0, 0.05) is 32.2 Å². The van der Waals surface area contributed by atoms with Gasteiger partial charge in [-0.3, -0.25) is 0 Å². The van der Waals surface area contributed by atoms with Crippen molar-refractivity contribution in [3.63, 3.8) is 0 Å². The van der Waals surface area contributed by atoms with E-state index in [1.165, 1.54) is 25.5 Å². The molecule has 1 saturated carbocycles. The molecular weight excluding hydrogens is 378 g/mol. The number of guanidine groups is 1. The van der Waals surface area contributed by atoms with Crippen LogP contribution >= 0.6 is 0 Å². The van der Waals surface area contributed by atoms with E-state index < -0.39 is 10.0 Å². The van der Waals surface area contributed by atoms with Crippen LogP contribution in [0.4, 0.5) is 0 Å². The summed E-state index contributed by atoms with van der Waals surface area (Å²) in [4.78, 5) is 4.71. The lowest BCUT2D eigenvalue weighted by molar-refractivity contribution is 0.382. The Hall–Kier alpha value is -1.68. The molecule has 2 aliphatic rings. The van der Waals surface area contributed by atoms with Crippen molar-refractivity contribution in [1.29, 1.82) is 0 Å². The lowest BCUT2D eigenvalue weighted by Crippen LogP contribution is -2.49. The summed E-state index contributed by atoms with van der Waals surface area (Å²) in [6.07, 6.45) is 9.11. The predicted octanol–water partition coefficient (Wildman–Crippen LogP) is 0.915. The SMILES string of the molecule is Cc1nnc(CN=C(NC[C@H]2CCCN2S(C)(=O)=O)NC2CCCCC2)n1C. The fourth-order valence-corrected chi connectivity index (χ4v) is 5.18. The molecule has 1 aromatic rings. The van der Waals surface area contributed by atoms with Crippen molar-refractivity contribution in [3.8, 4) is 0 Å². The second-order valence-electron chi connectivity index (χ2n) is 7.92. The van der Waals surface area contributed by atoms with Gasteiger partial charge in [0.2, 0.25) is 10.0 Å². The van der Waals surface area contributed by atoms with Gasteiger partial charge in [-0.1, -0.05) is 19.3 Å². The van der Waals surface area contributed by atoms with Gasteiger partial charge in [0.1, 0.15) is 12.4 Å². The minimum Gasteiger partial charge on any atom is -0.355 e. The summed E-state index contributed by atoms with van der Waals surface area (Å²) in [5, 5.41) is 15.2. The van der Waals surface area contributed by atoms with Gasteiger partial charge in [0.15, 0.2) is 11.8 Å². The topological polar surface area (TPSA) is 105 Å². The molecule has 0 aromatic carbocycles. The summed E-state index contributed by atoms with van der Waals surface area (Å²) in [5.74, 6) is 2.39. The molecule has 1 saturated heterocycles. The lowest BCUT2D eigenvalue weighted by atomic mass is 9.96. The molecule has 0 amide bonds. The van der Waals surface area contributed by atoms with Crippen molar-refractivity contribution in [2.45, 2.75) is 70.5 Å². The maximum atomic E-state index is 12.0. The highest BCUT2D eigenvalue weighted by Crippen LogP contribution is 2.20. The zero-order valence-corrected chi connectivity index (χ0v) is 18.0. The molecule has 158 valence electrons. The normalized spacial score (nSPS) is 22.5. The summed E-state index contributed by atoms with van der Waals surface area (Å²) in [6.45, 7) is 3.51. The monoisotopic (exact) mass is 411 g/mol. The molecular formula is C18H33N7O2S. The molecule has 1 aliphatic carbocycles. The molecule has 2 heterocycles. The van der Waals surface area contributed by atoms with Crippen LogP contribution in [0.5, 0.6) is 0 Å². The van der Waals surface area contributed by atoms with Crippen LogP contribution in [0.2, 0.25) is 0 Å². The Morgan fingerprint density at radius 3 is 2.57 bits per heavy atom. The Morgan fingerprint density at radius 1 is 1.18 bits per heavy atom. The maximum absolute atomic E-state index is 12.0. The summed E-state index contributed by atoms with van der Waals surface area (Å²) < 4.78 is 27.5. The van der Waals surface area contributed by atoms with Crippen molar-refractivity contribution in [2.75, 3.05) is 19.3 Å². The number of aliphatic imine (C=N–C) groups is 1. The molecule has 9 nitrogen and oxygen atoms in total. The second-order valence-corrected chi connectivity index (χ2v) is 9.85. The Labute approximate surface area is 168 Å². The fourth-order valence-electron chi connectivity index (χ4n) is 4.00. The third-order valence-corrected chi connectivity index (χ3v) is 7.09. The molecule has 1 aromatic heterocycles. The van der Waals surface area contributed by atoms with Gasteiger partial charge in [-0.15, -0.1) is 10.2 Å².